The first-order chi connectivity index (χ1) is 18.2. The number of anilines is 1. The molecule has 0 atom stereocenters. The monoisotopic (exact) mass is 544 g/mol. The minimum Gasteiger partial charge on any atom is -0.492 e. The fraction of sp³-hybridized carbons (Fsp3) is 0.321. The number of halogens is 2. The highest BCUT2D eigenvalue weighted by Gasteiger charge is 2.18. The molecule has 202 valence electrons. The van der Waals surface area contributed by atoms with E-state index in [4.69, 9.17) is 14.6 Å². The highest BCUT2D eigenvalue weighted by atomic mass is 32.1. The van der Waals surface area contributed by atoms with E-state index in [1.165, 1.54) is 26.2 Å². The van der Waals surface area contributed by atoms with Crippen LogP contribution in [0, 0.1) is 11.6 Å². The second-order valence-corrected chi connectivity index (χ2v) is 9.44. The zero-order chi connectivity index (χ0) is 27.7. The lowest BCUT2D eigenvalue weighted by Crippen LogP contribution is -2.13. The maximum atomic E-state index is 14.5. The summed E-state index contributed by atoms with van der Waals surface area (Å²) in [5, 5.41) is 13.4. The molecule has 10 heteroatoms. The van der Waals surface area contributed by atoms with E-state index in [0.29, 0.717) is 29.4 Å². The second kappa shape index (κ2) is 13.7. The number of carboxylic acid groups (broad SMARTS) is 1. The van der Waals surface area contributed by atoms with Gasteiger partial charge in [0.05, 0.1) is 19.4 Å². The van der Waals surface area contributed by atoms with Crippen molar-refractivity contribution in [3.63, 3.8) is 0 Å². The van der Waals surface area contributed by atoms with Gasteiger partial charge in [0.1, 0.15) is 11.6 Å². The van der Waals surface area contributed by atoms with Crippen LogP contribution in [0.4, 0.5) is 13.9 Å². The predicted molar refractivity (Wildman–Crippen MR) is 144 cm³/mol. The van der Waals surface area contributed by atoms with Gasteiger partial charge < -0.3 is 14.6 Å². The third kappa shape index (κ3) is 7.38. The Morgan fingerprint density at radius 2 is 1.84 bits per heavy atom. The minimum atomic E-state index is -1.30. The number of aromatic nitrogens is 1. The topological polar surface area (TPSA) is 97.8 Å². The third-order valence-corrected chi connectivity index (χ3v) is 6.49. The molecule has 1 aromatic heterocycles. The number of ether oxygens (including phenoxy) is 2. The first-order valence-electron chi connectivity index (χ1n) is 12.2. The van der Waals surface area contributed by atoms with E-state index in [0.717, 1.165) is 42.4 Å². The summed E-state index contributed by atoms with van der Waals surface area (Å²) in [6.07, 6.45) is 6.48. The normalized spacial score (nSPS) is 11.3. The van der Waals surface area contributed by atoms with Crippen LogP contribution in [0.2, 0.25) is 0 Å². The lowest BCUT2D eigenvalue weighted by atomic mass is 10.1. The van der Waals surface area contributed by atoms with Crippen LogP contribution in [0.5, 0.6) is 11.5 Å². The number of hydrogen-bond donors (Lipinski definition) is 2. The molecule has 0 unspecified atom stereocenters. The minimum absolute atomic E-state index is 0.223. The number of methoxy groups -OCH3 is 1. The molecule has 7 nitrogen and oxygen atoms in total. The molecule has 0 aliphatic heterocycles. The number of amides is 1. The average Bonchev–Trinajstić information content (AvgIpc) is 3.35. The van der Waals surface area contributed by atoms with Gasteiger partial charge in [0.25, 0.3) is 5.91 Å². The molecule has 0 radical (unpaired) electrons. The number of nitrogens with one attached hydrogen (secondary N) is 1. The van der Waals surface area contributed by atoms with E-state index in [-0.39, 0.29) is 16.3 Å². The van der Waals surface area contributed by atoms with Crippen molar-refractivity contribution in [3.05, 3.63) is 64.0 Å². The fourth-order valence-corrected chi connectivity index (χ4v) is 4.39. The van der Waals surface area contributed by atoms with Crippen molar-refractivity contribution < 1.29 is 33.0 Å². The van der Waals surface area contributed by atoms with Crippen LogP contribution < -0.4 is 14.8 Å². The van der Waals surface area contributed by atoms with Crippen LogP contribution >= 0.6 is 11.3 Å². The Kier molecular flexibility index (Phi) is 10.3. The number of unbranched alkanes of at least 4 members (excludes halogenated alkanes) is 4. The summed E-state index contributed by atoms with van der Waals surface area (Å²) < 4.78 is 40.4. The summed E-state index contributed by atoms with van der Waals surface area (Å²) in [7, 11) is 1.54. The number of aliphatic carboxylic acids is 1. The Balaban J connectivity index is 1.73. The summed E-state index contributed by atoms with van der Waals surface area (Å²) in [6.45, 7) is 3.96. The SMILES string of the molecule is CCCCCCCOc1cccc(-c2csc(NC(=O)c3cc(F)c(/C=C(\C)C(=O)O)c(F)c3)n2)c1OC. The zero-order valence-electron chi connectivity index (χ0n) is 21.5. The molecular formula is C28H30F2N2O5S. The molecule has 1 heterocycles. The van der Waals surface area contributed by atoms with Crippen molar-refractivity contribution in [2.45, 2.75) is 46.0 Å². The Morgan fingerprint density at radius 3 is 2.50 bits per heavy atom. The summed E-state index contributed by atoms with van der Waals surface area (Å²) in [5.74, 6) is -3.06. The number of carboxylic acids is 1. The van der Waals surface area contributed by atoms with Gasteiger partial charge >= 0.3 is 5.97 Å². The van der Waals surface area contributed by atoms with Crippen molar-refractivity contribution in [1.29, 1.82) is 0 Å². The van der Waals surface area contributed by atoms with Gasteiger partial charge in [0.15, 0.2) is 16.6 Å². The Morgan fingerprint density at radius 1 is 1.13 bits per heavy atom. The number of para-hydroxylation sites is 1. The predicted octanol–water partition coefficient (Wildman–Crippen LogP) is 7.19. The number of carbonyl (C=O) groups excluding carboxylic acids is 1. The van der Waals surface area contributed by atoms with E-state index in [9.17, 15) is 18.4 Å². The van der Waals surface area contributed by atoms with Gasteiger partial charge in [-0.1, -0.05) is 38.7 Å². The van der Waals surface area contributed by atoms with Crippen LogP contribution in [0.3, 0.4) is 0 Å². The van der Waals surface area contributed by atoms with Crippen molar-refractivity contribution >= 4 is 34.4 Å². The smallest absolute Gasteiger partial charge is 0.331 e. The molecule has 0 saturated heterocycles. The van der Waals surface area contributed by atoms with Gasteiger partial charge in [0, 0.05) is 27.6 Å². The number of rotatable bonds is 13. The number of carbonyl (C=O) groups is 2. The molecule has 0 fully saturated rings. The molecule has 1 amide bonds. The van der Waals surface area contributed by atoms with E-state index in [1.54, 1.807) is 12.5 Å². The van der Waals surface area contributed by atoms with Crippen molar-refractivity contribution in [2.75, 3.05) is 19.0 Å². The highest BCUT2D eigenvalue weighted by molar-refractivity contribution is 7.14. The Hall–Kier alpha value is -3.79. The first-order valence-corrected chi connectivity index (χ1v) is 13.1. The van der Waals surface area contributed by atoms with E-state index in [2.05, 4.69) is 17.2 Å². The van der Waals surface area contributed by atoms with Gasteiger partial charge in [-0.3, -0.25) is 10.1 Å². The van der Waals surface area contributed by atoms with Crippen molar-refractivity contribution in [2.24, 2.45) is 0 Å². The maximum Gasteiger partial charge on any atom is 0.331 e. The molecule has 0 saturated carbocycles. The molecular weight excluding hydrogens is 514 g/mol. The molecule has 3 aromatic rings. The number of benzene rings is 2. The van der Waals surface area contributed by atoms with Gasteiger partial charge in [0.2, 0.25) is 0 Å². The lowest BCUT2D eigenvalue weighted by Gasteiger charge is -2.13. The molecule has 38 heavy (non-hydrogen) atoms. The van der Waals surface area contributed by atoms with Crippen LogP contribution in [-0.2, 0) is 4.79 Å². The first kappa shape index (κ1) is 28.8. The van der Waals surface area contributed by atoms with Crippen LogP contribution in [0.1, 0.15) is 61.9 Å². The summed E-state index contributed by atoms with van der Waals surface area (Å²) in [4.78, 5) is 28.1. The van der Waals surface area contributed by atoms with Gasteiger partial charge in [-0.05, 0) is 43.7 Å². The van der Waals surface area contributed by atoms with Gasteiger partial charge in [-0.25, -0.2) is 18.6 Å². The molecule has 3 rings (SSSR count). The standard InChI is InChI=1S/C28H30F2N2O5S/c1-4-5-6-7-8-12-37-24-11-9-10-19(25(24)36-3)23-16-38-28(31-23)32-26(33)18-14-21(29)20(22(30)15-18)13-17(2)27(34)35/h9-11,13-16H,4-8,12H2,1-3H3,(H,34,35)(H,31,32,33)/b17-13+. The highest BCUT2D eigenvalue weighted by Crippen LogP contribution is 2.39. The van der Waals surface area contributed by atoms with E-state index in [1.807, 2.05) is 18.2 Å². The summed E-state index contributed by atoms with van der Waals surface area (Å²) in [6, 6.07) is 7.17. The van der Waals surface area contributed by atoms with Crippen LogP contribution in [0.15, 0.2) is 41.3 Å². The summed E-state index contributed by atoms with van der Waals surface area (Å²) in [5.41, 5.74) is 0.168. The largest absolute Gasteiger partial charge is 0.492 e. The number of hydrogen-bond acceptors (Lipinski definition) is 6. The number of thiazole rings is 1. The van der Waals surface area contributed by atoms with E-state index < -0.39 is 29.1 Å². The molecule has 2 N–H and O–H groups in total. The molecule has 0 aliphatic carbocycles. The Labute approximate surface area is 224 Å². The lowest BCUT2D eigenvalue weighted by molar-refractivity contribution is -0.132. The zero-order valence-corrected chi connectivity index (χ0v) is 22.3. The van der Waals surface area contributed by atoms with E-state index >= 15 is 0 Å². The van der Waals surface area contributed by atoms with Gasteiger partial charge in [-0.2, -0.15) is 0 Å². The molecule has 2 aromatic carbocycles. The van der Waals surface area contributed by atoms with Crippen LogP contribution in [0.25, 0.3) is 17.3 Å². The Bertz CT molecular complexity index is 1300. The fourth-order valence-electron chi connectivity index (χ4n) is 3.69. The average molecular weight is 545 g/mol. The van der Waals surface area contributed by atoms with Crippen molar-refractivity contribution in [1.82, 2.24) is 4.98 Å². The van der Waals surface area contributed by atoms with Crippen LogP contribution in [-0.4, -0.2) is 35.7 Å². The molecule has 0 spiro atoms. The third-order valence-electron chi connectivity index (χ3n) is 5.73. The summed E-state index contributed by atoms with van der Waals surface area (Å²) >= 11 is 1.14. The number of nitrogens with zero attached hydrogens (tertiary/aromatic N) is 1. The molecule has 0 bridgehead atoms. The maximum absolute atomic E-state index is 14.5. The van der Waals surface area contributed by atoms with Crippen molar-refractivity contribution in [3.8, 4) is 22.8 Å². The quantitative estimate of drug-likeness (QED) is 0.175. The van der Waals surface area contributed by atoms with Gasteiger partial charge in [-0.15, -0.1) is 11.3 Å². The second-order valence-electron chi connectivity index (χ2n) is 8.58. The molecule has 0 aliphatic rings.